The second-order valence-corrected chi connectivity index (χ2v) is 5.93. The van der Waals surface area contributed by atoms with Gasteiger partial charge in [0.15, 0.2) is 0 Å². The van der Waals surface area contributed by atoms with Crippen LogP contribution in [0.1, 0.15) is 84.5 Å². The average molecular weight is 350 g/mol. The highest BCUT2D eigenvalue weighted by Crippen LogP contribution is 2.11. The van der Waals surface area contributed by atoms with Gasteiger partial charge in [-0.1, -0.05) is 65.2 Å². The number of carbonyl (C=O) groups is 1. The van der Waals surface area contributed by atoms with Gasteiger partial charge in [-0.05, 0) is 12.8 Å². The van der Waals surface area contributed by atoms with E-state index in [0.717, 1.165) is 25.7 Å². The number of hydrogen-bond acceptors (Lipinski definition) is 6. The van der Waals surface area contributed by atoms with E-state index in [-0.39, 0.29) is 6.42 Å². The van der Waals surface area contributed by atoms with E-state index in [4.69, 9.17) is 15.3 Å². The lowest BCUT2D eigenvalue weighted by atomic mass is 10.1. The minimum Gasteiger partial charge on any atom is -0.433 e. The smallest absolute Gasteiger partial charge is 0.308 e. The van der Waals surface area contributed by atoms with Crippen LogP contribution in [0, 0.1) is 0 Å². The first kappa shape index (κ1) is 25.5. The topological polar surface area (TPSA) is 107 Å². The molecule has 146 valence electrons. The van der Waals surface area contributed by atoms with Crippen molar-refractivity contribution in [3.05, 3.63) is 0 Å². The molecule has 2 atom stereocenters. The van der Waals surface area contributed by atoms with E-state index in [9.17, 15) is 9.90 Å². The van der Waals surface area contributed by atoms with E-state index in [1.54, 1.807) is 0 Å². The lowest BCUT2D eigenvalue weighted by Crippen LogP contribution is -2.33. The van der Waals surface area contributed by atoms with Gasteiger partial charge < -0.3 is 25.2 Å². The molecule has 0 aliphatic heterocycles. The minimum absolute atomic E-state index is 0.241. The Morgan fingerprint density at radius 2 is 1.29 bits per heavy atom. The number of unbranched alkanes of at least 4 members (excludes halogenated alkanes) is 8. The van der Waals surface area contributed by atoms with Gasteiger partial charge in [-0.3, -0.25) is 4.79 Å². The molecule has 2 unspecified atom stereocenters. The van der Waals surface area contributed by atoms with Gasteiger partial charge in [0.05, 0.1) is 6.61 Å². The van der Waals surface area contributed by atoms with E-state index in [1.807, 2.05) is 6.92 Å². The first-order chi connectivity index (χ1) is 11.5. The van der Waals surface area contributed by atoms with Crippen molar-refractivity contribution in [3.8, 4) is 0 Å². The van der Waals surface area contributed by atoms with E-state index in [0.29, 0.717) is 6.61 Å². The van der Waals surface area contributed by atoms with Crippen LogP contribution in [-0.4, -0.2) is 52.0 Å². The van der Waals surface area contributed by atoms with Crippen LogP contribution in [0.25, 0.3) is 0 Å². The van der Waals surface area contributed by atoms with Crippen LogP contribution >= 0.6 is 0 Å². The standard InChI is InChI=1S/C15H30O5.C3H8O/c1-2-3-4-5-6-7-8-9-10-11-14(18)20-15(19)13(17)12-16;1-2-3-4/h13,15-17,19H,2-12H2,1H3;4H,2-3H2,1H3. The maximum atomic E-state index is 11.3. The van der Waals surface area contributed by atoms with Gasteiger partial charge in [-0.25, -0.2) is 0 Å². The maximum absolute atomic E-state index is 11.3. The van der Waals surface area contributed by atoms with E-state index in [1.165, 1.54) is 38.5 Å². The molecule has 0 radical (unpaired) electrons. The third-order valence-electron chi connectivity index (χ3n) is 3.48. The van der Waals surface area contributed by atoms with Crippen LogP contribution in [0.4, 0.5) is 0 Å². The van der Waals surface area contributed by atoms with Crippen molar-refractivity contribution in [3.63, 3.8) is 0 Å². The molecule has 6 nitrogen and oxygen atoms in total. The molecular formula is C18H38O6. The lowest BCUT2D eigenvalue weighted by molar-refractivity contribution is -0.190. The van der Waals surface area contributed by atoms with Gasteiger partial charge in [0.2, 0.25) is 6.29 Å². The first-order valence-corrected chi connectivity index (χ1v) is 9.30. The molecule has 0 aromatic rings. The molecule has 0 rings (SSSR count). The Bertz CT molecular complexity index is 258. The molecule has 0 spiro atoms. The molecule has 0 bridgehead atoms. The van der Waals surface area contributed by atoms with Crippen LogP contribution in [0.2, 0.25) is 0 Å². The third kappa shape index (κ3) is 19.4. The van der Waals surface area contributed by atoms with Crippen molar-refractivity contribution in [1.29, 1.82) is 0 Å². The highest BCUT2D eigenvalue weighted by Gasteiger charge is 2.19. The molecule has 0 saturated carbocycles. The number of aliphatic hydroxyl groups is 4. The quantitative estimate of drug-likeness (QED) is 0.218. The fourth-order valence-electron chi connectivity index (χ4n) is 1.94. The van der Waals surface area contributed by atoms with Crippen LogP contribution in [-0.2, 0) is 9.53 Å². The number of rotatable bonds is 14. The molecule has 0 heterocycles. The fourth-order valence-corrected chi connectivity index (χ4v) is 1.94. The molecule has 4 N–H and O–H groups in total. The summed E-state index contributed by atoms with van der Waals surface area (Å²) in [6.07, 6.45) is 8.51. The number of hydrogen-bond donors (Lipinski definition) is 4. The number of esters is 1. The molecule has 0 aliphatic carbocycles. The number of aliphatic hydroxyl groups excluding tert-OH is 4. The van der Waals surface area contributed by atoms with Crippen LogP contribution < -0.4 is 0 Å². The zero-order valence-electron chi connectivity index (χ0n) is 15.5. The second-order valence-electron chi connectivity index (χ2n) is 5.93. The zero-order chi connectivity index (χ0) is 18.6. The Balaban J connectivity index is 0. The molecule has 0 saturated heterocycles. The zero-order valence-corrected chi connectivity index (χ0v) is 15.5. The minimum atomic E-state index is -1.63. The first-order valence-electron chi connectivity index (χ1n) is 9.30. The molecule has 6 heteroatoms. The van der Waals surface area contributed by atoms with Crippen LogP contribution in [0.5, 0.6) is 0 Å². The average Bonchev–Trinajstić information content (AvgIpc) is 2.59. The monoisotopic (exact) mass is 350 g/mol. The summed E-state index contributed by atoms with van der Waals surface area (Å²) in [5, 5.41) is 34.6. The van der Waals surface area contributed by atoms with E-state index < -0.39 is 25.0 Å². The van der Waals surface area contributed by atoms with Gasteiger partial charge in [-0.15, -0.1) is 0 Å². The summed E-state index contributed by atoms with van der Waals surface area (Å²) in [6.45, 7) is 3.82. The molecular weight excluding hydrogens is 312 g/mol. The largest absolute Gasteiger partial charge is 0.433 e. The summed E-state index contributed by atoms with van der Waals surface area (Å²) < 4.78 is 4.58. The predicted octanol–water partition coefficient (Wildman–Crippen LogP) is 2.51. The van der Waals surface area contributed by atoms with Gasteiger partial charge in [-0.2, -0.15) is 0 Å². The predicted molar refractivity (Wildman–Crippen MR) is 94.4 cm³/mol. The number of carbonyl (C=O) groups excluding carboxylic acids is 1. The Morgan fingerprint density at radius 1 is 0.833 bits per heavy atom. The molecule has 0 aromatic heterocycles. The maximum Gasteiger partial charge on any atom is 0.308 e. The summed E-state index contributed by atoms with van der Waals surface area (Å²) >= 11 is 0. The van der Waals surface area contributed by atoms with Crippen molar-refractivity contribution in [2.24, 2.45) is 0 Å². The summed E-state index contributed by atoms with van der Waals surface area (Å²) in [5.74, 6) is -0.534. The molecule has 0 aromatic carbocycles. The normalized spacial score (nSPS) is 12.9. The number of ether oxygens (including phenoxy) is 1. The third-order valence-corrected chi connectivity index (χ3v) is 3.48. The SMILES string of the molecule is CCCCCCCCCCCC(=O)OC(O)C(O)CO.CCCO. The second kappa shape index (κ2) is 20.4. The van der Waals surface area contributed by atoms with Crippen LogP contribution in [0.3, 0.4) is 0 Å². The highest BCUT2D eigenvalue weighted by molar-refractivity contribution is 5.69. The Kier molecular flexibility index (Phi) is 21.7. The van der Waals surface area contributed by atoms with Crippen LogP contribution in [0.15, 0.2) is 0 Å². The fraction of sp³-hybridized carbons (Fsp3) is 0.944. The van der Waals surface area contributed by atoms with Gasteiger partial charge >= 0.3 is 5.97 Å². The summed E-state index contributed by atoms with van der Waals surface area (Å²) in [6, 6.07) is 0. The van der Waals surface area contributed by atoms with Crippen molar-refractivity contribution in [2.45, 2.75) is 96.9 Å². The van der Waals surface area contributed by atoms with Gasteiger partial charge in [0, 0.05) is 13.0 Å². The van der Waals surface area contributed by atoms with Crippen molar-refractivity contribution >= 4 is 5.97 Å². The summed E-state index contributed by atoms with van der Waals surface area (Å²) in [7, 11) is 0. The molecule has 0 amide bonds. The Hall–Kier alpha value is -0.690. The molecule has 24 heavy (non-hydrogen) atoms. The summed E-state index contributed by atoms with van der Waals surface area (Å²) in [5.41, 5.74) is 0. The van der Waals surface area contributed by atoms with Gasteiger partial charge in [0.25, 0.3) is 0 Å². The Labute approximate surface area is 146 Å². The van der Waals surface area contributed by atoms with Crippen molar-refractivity contribution in [1.82, 2.24) is 0 Å². The van der Waals surface area contributed by atoms with E-state index >= 15 is 0 Å². The van der Waals surface area contributed by atoms with Gasteiger partial charge in [0.1, 0.15) is 6.10 Å². The highest BCUT2D eigenvalue weighted by atomic mass is 16.6. The molecule has 0 aliphatic rings. The summed E-state index contributed by atoms with van der Waals surface area (Å²) in [4.78, 5) is 11.3. The van der Waals surface area contributed by atoms with Crippen molar-refractivity contribution < 1.29 is 30.0 Å². The lowest BCUT2D eigenvalue weighted by Gasteiger charge is -2.15. The Morgan fingerprint density at radius 3 is 1.71 bits per heavy atom. The van der Waals surface area contributed by atoms with E-state index in [2.05, 4.69) is 11.7 Å². The molecule has 0 fully saturated rings. The van der Waals surface area contributed by atoms with Crippen molar-refractivity contribution in [2.75, 3.05) is 13.2 Å².